The van der Waals surface area contributed by atoms with Crippen LogP contribution in [0.3, 0.4) is 0 Å². The summed E-state index contributed by atoms with van der Waals surface area (Å²) >= 11 is 0. The Labute approximate surface area is 202 Å². The minimum atomic E-state index is -0.621. The summed E-state index contributed by atoms with van der Waals surface area (Å²) in [4.78, 5) is 27.8. The van der Waals surface area contributed by atoms with Crippen molar-refractivity contribution in [2.24, 2.45) is 0 Å². The van der Waals surface area contributed by atoms with E-state index in [1.165, 1.54) is 5.56 Å². The SMILES string of the molecule is CCOC(=O)C1=C(COc2cccc(CC)c2)N(CC)C(=O)N[C@@H]1c1ccc(C(C)(C)C)cc1. The Morgan fingerprint density at radius 3 is 2.35 bits per heavy atom. The molecule has 1 aliphatic rings. The van der Waals surface area contributed by atoms with Crippen LogP contribution in [0.5, 0.6) is 5.75 Å². The summed E-state index contributed by atoms with van der Waals surface area (Å²) in [7, 11) is 0. The monoisotopic (exact) mass is 464 g/mol. The first kappa shape index (κ1) is 25.3. The van der Waals surface area contributed by atoms with Crippen molar-refractivity contribution >= 4 is 12.0 Å². The average Bonchev–Trinajstić information content (AvgIpc) is 2.82. The molecule has 6 nitrogen and oxygen atoms in total. The first-order valence-corrected chi connectivity index (χ1v) is 12.0. The van der Waals surface area contributed by atoms with Gasteiger partial charge < -0.3 is 14.8 Å². The van der Waals surface area contributed by atoms with Gasteiger partial charge in [-0.25, -0.2) is 9.59 Å². The van der Waals surface area contributed by atoms with Crippen LogP contribution in [0.2, 0.25) is 0 Å². The number of aryl methyl sites for hydroxylation is 1. The van der Waals surface area contributed by atoms with E-state index in [0.29, 0.717) is 23.6 Å². The van der Waals surface area contributed by atoms with Gasteiger partial charge in [0.1, 0.15) is 12.4 Å². The summed E-state index contributed by atoms with van der Waals surface area (Å²) in [6.45, 7) is 12.9. The molecule has 2 aromatic carbocycles. The predicted molar refractivity (Wildman–Crippen MR) is 134 cm³/mol. The van der Waals surface area contributed by atoms with Gasteiger partial charge in [0.05, 0.1) is 23.9 Å². The highest BCUT2D eigenvalue weighted by molar-refractivity contribution is 5.95. The van der Waals surface area contributed by atoms with E-state index < -0.39 is 12.0 Å². The lowest BCUT2D eigenvalue weighted by molar-refractivity contribution is -0.139. The van der Waals surface area contributed by atoms with Gasteiger partial charge in [0.25, 0.3) is 0 Å². The normalized spacial score (nSPS) is 16.4. The van der Waals surface area contributed by atoms with Gasteiger partial charge in [-0.15, -0.1) is 0 Å². The van der Waals surface area contributed by atoms with E-state index in [1.807, 2.05) is 55.5 Å². The summed E-state index contributed by atoms with van der Waals surface area (Å²) in [6.07, 6.45) is 0.893. The zero-order valence-corrected chi connectivity index (χ0v) is 21.1. The predicted octanol–water partition coefficient (Wildman–Crippen LogP) is 5.53. The number of nitrogens with zero attached hydrogens (tertiary/aromatic N) is 1. The first-order chi connectivity index (χ1) is 16.2. The van der Waals surface area contributed by atoms with Crippen LogP contribution in [0.25, 0.3) is 0 Å². The third-order valence-electron chi connectivity index (χ3n) is 6.04. The minimum Gasteiger partial charge on any atom is -0.487 e. The number of hydrogen-bond donors (Lipinski definition) is 1. The summed E-state index contributed by atoms with van der Waals surface area (Å²) in [5.41, 5.74) is 4.08. The number of amides is 2. The highest BCUT2D eigenvalue weighted by Crippen LogP contribution is 2.33. The third-order valence-corrected chi connectivity index (χ3v) is 6.04. The zero-order chi connectivity index (χ0) is 24.9. The molecule has 3 rings (SSSR count). The molecule has 2 amide bonds. The van der Waals surface area contributed by atoms with Crippen molar-refractivity contribution < 1.29 is 19.1 Å². The van der Waals surface area contributed by atoms with Crippen LogP contribution >= 0.6 is 0 Å². The number of benzene rings is 2. The molecule has 0 aliphatic carbocycles. The molecule has 0 aromatic heterocycles. The number of likely N-dealkylation sites (N-methyl/N-ethyl adjacent to an activating group) is 1. The van der Waals surface area contributed by atoms with Crippen LogP contribution in [0.1, 0.15) is 64.3 Å². The Bertz CT molecular complexity index is 1050. The Hall–Kier alpha value is -3.28. The second-order valence-corrected chi connectivity index (χ2v) is 9.37. The van der Waals surface area contributed by atoms with Crippen molar-refractivity contribution in [1.82, 2.24) is 10.2 Å². The van der Waals surface area contributed by atoms with Crippen LogP contribution in [0, 0.1) is 0 Å². The molecule has 1 atom stereocenters. The number of carbonyl (C=O) groups is 2. The number of urea groups is 1. The van der Waals surface area contributed by atoms with E-state index in [0.717, 1.165) is 17.5 Å². The number of esters is 1. The van der Waals surface area contributed by atoms with Crippen molar-refractivity contribution in [3.63, 3.8) is 0 Å². The smallest absolute Gasteiger partial charge is 0.338 e. The Balaban J connectivity index is 2.05. The molecule has 34 heavy (non-hydrogen) atoms. The zero-order valence-electron chi connectivity index (χ0n) is 21.1. The van der Waals surface area contributed by atoms with Crippen molar-refractivity contribution in [3.8, 4) is 5.75 Å². The molecule has 0 bridgehead atoms. The number of rotatable bonds is 8. The second-order valence-electron chi connectivity index (χ2n) is 9.37. The molecule has 0 spiro atoms. The molecule has 182 valence electrons. The van der Waals surface area contributed by atoms with E-state index in [9.17, 15) is 9.59 Å². The quantitative estimate of drug-likeness (QED) is 0.522. The van der Waals surface area contributed by atoms with Gasteiger partial charge in [0, 0.05) is 6.54 Å². The molecule has 1 heterocycles. The van der Waals surface area contributed by atoms with Crippen LogP contribution in [0.15, 0.2) is 59.8 Å². The summed E-state index contributed by atoms with van der Waals surface area (Å²) in [5, 5.41) is 3.00. The Morgan fingerprint density at radius 2 is 1.76 bits per heavy atom. The Kier molecular flexibility index (Phi) is 8.02. The highest BCUT2D eigenvalue weighted by atomic mass is 16.5. The number of nitrogens with one attached hydrogen (secondary N) is 1. The van der Waals surface area contributed by atoms with Crippen molar-refractivity contribution in [2.45, 2.75) is 59.4 Å². The minimum absolute atomic E-state index is 0.000804. The van der Waals surface area contributed by atoms with Crippen LogP contribution in [-0.2, 0) is 21.4 Å². The maximum atomic E-state index is 13.2. The van der Waals surface area contributed by atoms with Gasteiger partial charge >= 0.3 is 12.0 Å². The van der Waals surface area contributed by atoms with Gasteiger partial charge in [-0.3, -0.25) is 4.90 Å². The van der Waals surface area contributed by atoms with Crippen LogP contribution in [0.4, 0.5) is 4.79 Å². The fraction of sp³-hybridized carbons (Fsp3) is 0.429. The number of ether oxygens (including phenoxy) is 2. The largest absolute Gasteiger partial charge is 0.487 e. The van der Waals surface area contributed by atoms with E-state index in [1.54, 1.807) is 11.8 Å². The molecule has 0 radical (unpaired) electrons. The molecule has 0 unspecified atom stereocenters. The van der Waals surface area contributed by atoms with Gasteiger partial charge in [-0.1, -0.05) is 64.1 Å². The van der Waals surface area contributed by atoms with Crippen LogP contribution < -0.4 is 10.1 Å². The van der Waals surface area contributed by atoms with Gasteiger partial charge in [-0.2, -0.15) is 0 Å². The molecule has 1 N–H and O–H groups in total. The highest BCUT2D eigenvalue weighted by Gasteiger charge is 2.38. The maximum absolute atomic E-state index is 13.2. The lowest BCUT2D eigenvalue weighted by Gasteiger charge is -2.36. The van der Waals surface area contributed by atoms with E-state index in [2.05, 4.69) is 33.0 Å². The fourth-order valence-corrected chi connectivity index (χ4v) is 4.08. The average molecular weight is 465 g/mol. The number of hydrogen-bond acceptors (Lipinski definition) is 4. The first-order valence-electron chi connectivity index (χ1n) is 12.0. The lowest BCUT2D eigenvalue weighted by Crippen LogP contribution is -2.49. The van der Waals surface area contributed by atoms with Crippen LogP contribution in [-0.4, -0.2) is 36.7 Å². The summed E-state index contributed by atoms with van der Waals surface area (Å²) in [6, 6.07) is 15.0. The molecule has 6 heteroatoms. The second kappa shape index (κ2) is 10.8. The fourth-order valence-electron chi connectivity index (χ4n) is 4.08. The van der Waals surface area contributed by atoms with E-state index >= 15 is 0 Å². The summed E-state index contributed by atoms with van der Waals surface area (Å²) < 4.78 is 11.5. The summed E-state index contributed by atoms with van der Waals surface area (Å²) in [5.74, 6) is 0.245. The standard InChI is InChI=1S/C28H36N2O4/c1-7-19-11-10-12-22(17-19)34-18-23-24(26(31)33-9-3)25(29-27(32)30(23)8-2)20-13-15-21(16-14-20)28(4,5)6/h10-17,25H,7-9,18H2,1-6H3,(H,29,32)/t25-/m1/s1. The van der Waals surface area contributed by atoms with Gasteiger partial charge in [0.2, 0.25) is 0 Å². The number of carbonyl (C=O) groups excluding carboxylic acids is 2. The van der Waals surface area contributed by atoms with E-state index in [-0.39, 0.29) is 24.7 Å². The molecule has 1 aliphatic heterocycles. The maximum Gasteiger partial charge on any atom is 0.338 e. The van der Waals surface area contributed by atoms with Crippen molar-refractivity contribution in [1.29, 1.82) is 0 Å². The molecule has 2 aromatic rings. The molecule has 0 saturated heterocycles. The third kappa shape index (κ3) is 5.61. The molecule has 0 saturated carbocycles. The van der Waals surface area contributed by atoms with Gasteiger partial charge in [-0.05, 0) is 54.5 Å². The van der Waals surface area contributed by atoms with E-state index in [4.69, 9.17) is 9.47 Å². The van der Waals surface area contributed by atoms with Crippen molar-refractivity contribution in [3.05, 3.63) is 76.5 Å². The molecular weight excluding hydrogens is 428 g/mol. The van der Waals surface area contributed by atoms with Crippen molar-refractivity contribution in [2.75, 3.05) is 19.8 Å². The molecular formula is C28H36N2O4. The molecule has 0 fully saturated rings. The topological polar surface area (TPSA) is 67.9 Å². The van der Waals surface area contributed by atoms with Gasteiger partial charge in [0.15, 0.2) is 0 Å². The lowest BCUT2D eigenvalue weighted by atomic mass is 9.85. The Morgan fingerprint density at radius 1 is 1.06 bits per heavy atom.